The first-order valence-electron chi connectivity index (χ1n) is 5.73. The van der Waals surface area contributed by atoms with Crippen LogP contribution in [0.25, 0.3) is 0 Å². The van der Waals surface area contributed by atoms with Crippen LogP contribution in [0.5, 0.6) is 0 Å². The normalized spacial score (nSPS) is 19.6. The quantitative estimate of drug-likeness (QED) is 0.656. The zero-order valence-electron chi connectivity index (χ0n) is 10.7. The van der Waals surface area contributed by atoms with E-state index in [2.05, 4.69) is 4.99 Å². The summed E-state index contributed by atoms with van der Waals surface area (Å²) >= 11 is 16.5. The maximum Gasteiger partial charge on any atom is 0.337 e. The summed E-state index contributed by atoms with van der Waals surface area (Å²) < 4.78 is -2.10. The van der Waals surface area contributed by atoms with E-state index in [1.54, 1.807) is 30.3 Å². The summed E-state index contributed by atoms with van der Waals surface area (Å²) in [7, 11) is 1.34. The predicted octanol–water partition coefficient (Wildman–Crippen LogP) is 2.17. The maximum absolute atomic E-state index is 12.3. The number of halogens is 3. The lowest BCUT2D eigenvalue weighted by Gasteiger charge is -2.16. The molecule has 1 atom stereocenters. The van der Waals surface area contributed by atoms with Gasteiger partial charge in [-0.15, -0.1) is 0 Å². The van der Waals surface area contributed by atoms with E-state index < -0.39 is 22.0 Å². The first-order chi connectivity index (χ1) is 9.73. The van der Waals surface area contributed by atoms with Crippen LogP contribution in [0, 0.1) is 0 Å². The van der Waals surface area contributed by atoms with Crippen LogP contribution in [0.15, 0.2) is 35.3 Å². The number of hydrogen-bond acceptors (Lipinski definition) is 4. The van der Waals surface area contributed by atoms with E-state index in [0.29, 0.717) is 5.69 Å². The predicted molar refractivity (Wildman–Crippen MR) is 80.8 cm³/mol. The molecule has 1 aromatic rings. The van der Waals surface area contributed by atoms with E-state index in [9.17, 15) is 14.7 Å². The number of amidine groups is 1. The van der Waals surface area contributed by atoms with Crippen molar-refractivity contribution >= 4 is 58.3 Å². The Balaban J connectivity index is 2.38. The van der Waals surface area contributed by atoms with Gasteiger partial charge in [0.05, 0.1) is 5.69 Å². The molecular formula is C12H10Cl3N3O3. The summed E-state index contributed by atoms with van der Waals surface area (Å²) in [6.07, 6.45) is -1.77. The third kappa shape index (κ3) is 3.13. The Morgan fingerprint density at radius 1 is 1.19 bits per heavy atom. The second-order valence-electron chi connectivity index (χ2n) is 4.19. The van der Waals surface area contributed by atoms with E-state index in [0.717, 1.165) is 9.80 Å². The number of amides is 3. The van der Waals surface area contributed by atoms with Gasteiger partial charge in [-0.1, -0.05) is 53.0 Å². The zero-order chi connectivity index (χ0) is 15.8. The van der Waals surface area contributed by atoms with Gasteiger partial charge in [-0.3, -0.25) is 9.69 Å². The van der Waals surface area contributed by atoms with Crippen LogP contribution < -0.4 is 4.90 Å². The Kier molecular flexibility index (Phi) is 4.43. The SMILES string of the molecule is CN1C(=O)N(c2ccccc2)C(=O)C1=NC(O)C(Cl)(Cl)Cl. The van der Waals surface area contributed by atoms with Crippen molar-refractivity contribution in [2.45, 2.75) is 10.0 Å². The topological polar surface area (TPSA) is 73.2 Å². The number of carbonyl (C=O) groups excluding carboxylic acids is 2. The van der Waals surface area contributed by atoms with Gasteiger partial charge < -0.3 is 5.11 Å². The third-order valence-electron chi connectivity index (χ3n) is 2.74. The first-order valence-corrected chi connectivity index (χ1v) is 6.86. The average molecular weight is 351 g/mol. The lowest BCUT2D eigenvalue weighted by molar-refractivity contribution is -0.111. The molecule has 6 nitrogen and oxygen atoms in total. The number of likely N-dealkylation sites (N-methyl/N-ethyl adjacent to an activating group) is 1. The highest BCUT2D eigenvalue weighted by Crippen LogP contribution is 2.31. The zero-order valence-corrected chi connectivity index (χ0v) is 13.0. The summed E-state index contributed by atoms with van der Waals surface area (Å²) in [5.41, 5.74) is 0.382. The first kappa shape index (κ1) is 16.0. The standard InChI is InChI=1S/C12H10Cl3N3O3/c1-17-8(16-10(20)12(13,14)15)9(19)18(11(17)21)7-5-3-2-4-6-7/h2-6,10,20H,1H3. The Morgan fingerprint density at radius 3 is 2.29 bits per heavy atom. The fourth-order valence-electron chi connectivity index (χ4n) is 1.71. The molecule has 1 N–H and O–H groups in total. The summed E-state index contributed by atoms with van der Waals surface area (Å²) in [6, 6.07) is 7.69. The highest BCUT2D eigenvalue weighted by atomic mass is 35.6. The van der Waals surface area contributed by atoms with Crippen LogP contribution in [0.1, 0.15) is 0 Å². The van der Waals surface area contributed by atoms with Crippen LogP contribution in [0.4, 0.5) is 10.5 Å². The number of urea groups is 1. The number of hydrogen-bond donors (Lipinski definition) is 1. The van der Waals surface area contributed by atoms with Gasteiger partial charge in [0.25, 0.3) is 0 Å². The van der Waals surface area contributed by atoms with E-state index in [4.69, 9.17) is 34.8 Å². The highest BCUT2D eigenvalue weighted by Gasteiger charge is 2.43. The van der Waals surface area contributed by atoms with Crippen LogP contribution in [-0.4, -0.2) is 44.8 Å². The number of aliphatic imine (C=N–C) groups is 1. The molecule has 1 unspecified atom stereocenters. The minimum absolute atomic E-state index is 0.303. The fourth-order valence-corrected chi connectivity index (χ4v) is 1.85. The van der Waals surface area contributed by atoms with Gasteiger partial charge in [-0.25, -0.2) is 14.7 Å². The largest absolute Gasteiger partial charge is 0.368 e. The highest BCUT2D eigenvalue weighted by molar-refractivity contribution is 6.68. The molecule has 3 amide bonds. The van der Waals surface area contributed by atoms with Crippen LogP contribution in [-0.2, 0) is 4.79 Å². The van der Waals surface area contributed by atoms with E-state index in [1.165, 1.54) is 7.05 Å². The fraction of sp³-hybridized carbons (Fsp3) is 0.250. The molecule has 1 heterocycles. The van der Waals surface area contributed by atoms with Crippen molar-refractivity contribution in [1.82, 2.24) is 4.90 Å². The molecule has 1 aliphatic heterocycles. The van der Waals surface area contributed by atoms with E-state index in [1.807, 2.05) is 0 Å². The Bertz CT molecular complexity index is 601. The van der Waals surface area contributed by atoms with Crippen molar-refractivity contribution in [1.29, 1.82) is 0 Å². The molecule has 0 aromatic heterocycles. The number of benzene rings is 1. The summed E-state index contributed by atoms with van der Waals surface area (Å²) in [5, 5.41) is 9.63. The lowest BCUT2D eigenvalue weighted by atomic mass is 10.3. The number of aliphatic hydroxyl groups excluding tert-OH is 1. The van der Waals surface area contributed by atoms with Gasteiger partial charge in [0.2, 0.25) is 9.63 Å². The molecule has 1 aliphatic rings. The Hall–Kier alpha value is -1.34. The molecule has 0 aliphatic carbocycles. The van der Waals surface area contributed by atoms with Gasteiger partial charge in [-0.2, -0.15) is 0 Å². The van der Waals surface area contributed by atoms with Gasteiger partial charge in [-0.05, 0) is 12.1 Å². The average Bonchev–Trinajstić information content (AvgIpc) is 2.63. The van der Waals surface area contributed by atoms with Crippen molar-refractivity contribution in [3.05, 3.63) is 30.3 Å². The number of rotatable bonds is 2. The smallest absolute Gasteiger partial charge is 0.337 e. The molecule has 0 spiro atoms. The Morgan fingerprint density at radius 2 is 1.76 bits per heavy atom. The number of para-hydroxylation sites is 1. The van der Waals surface area contributed by atoms with Crippen molar-refractivity contribution < 1.29 is 14.7 Å². The maximum atomic E-state index is 12.3. The molecule has 1 saturated heterocycles. The minimum Gasteiger partial charge on any atom is -0.368 e. The molecule has 21 heavy (non-hydrogen) atoms. The van der Waals surface area contributed by atoms with Crippen molar-refractivity contribution in [3.8, 4) is 0 Å². The third-order valence-corrected chi connectivity index (χ3v) is 3.33. The van der Waals surface area contributed by atoms with Crippen molar-refractivity contribution in [2.75, 3.05) is 11.9 Å². The van der Waals surface area contributed by atoms with E-state index >= 15 is 0 Å². The molecule has 0 bridgehead atoms. The molecule has 2 rings (SSSR count). The number of aliphatic hydroxyl groups is 1. The van der Waals surface area contributed by atoms with Crippen LogP contribution in [0.2, 0.25) is 0 Å². The molecule has 1 fully saturated rings. The number of alkyl halides is 3. The van der Waals surface area contributed by atoms with Gasteiger partial charge in [0.1, 0.15) is 0 Å². The summed E-state index contributed by atoms with van der Waals surface area (Å²) in [4.78, 5) is 29.9. The second kappa shape index (κ2) is 5.81. The van der Waals surface area contributed by atoms with Crippen molar-refractivity contribution in [3.63, 3.8) is 0 Å². The molecule has 1 aromatic carbocycles. The van der Waals surface area contributed by atoms with Gasteiger partial charge in [0.15, 0.2) is 6.23 Å². The number of nitrogens with zero attached hydrogens (tertiary/aromatic N) is 3. The summed E-state index contributed by atoms with van der Waals surface area (Å²) in [6.45, 7) is 0. The van der Waals surface area contributed by atoms with Gasteiger partial charge in [0, 0.05) is 7.05 Å². The number of anilines is 1. The molecular weight excluding hydrogens is 341 g/mol. The minimum atomic E-state index is -2.10. The lowest BCUT2D eigenvalue weighted by Crippen LogP contribution is -2.31. The molecule has 0 saturated carbocycles. The number of imide groups is 1. The van der Waals surface area contributed by atoms with Crippen LogP contribution >= 0.6 is 34.8 Å². The molecule has 0 radical (unpaired) electrons. The Labute approximate surface area is 135 Å². The van der Waals surface area contributed by atoms with Gasteiger partial charge >= 0.3 is 11.9 Å². The van der Waals surface area contributed by atoms with E-state index in [-0.39, 0.29) is 5.84 Å². The second-order valence-corrected chi connectivity index (χ2v) is 6.55. The summed E-state index contributed by atoms with van der Waals surface area (Å²) in [5.74, 6) is -1.01. The molecule has 112 valence electrons. The monoisotopic (exact) mass is 349 g/mol. The molecule has 9 heteroatoms. The number of carbonyl (C=O) groups is 2. The van der Waals surface area contributed by atoms with Crippen molar-refractivity contribution in [2.24, 2.45) is 4.99 Å². The van der Waals surface area contributed by atoms with Crippen LogP contribution in [0.3, 0.4) is 0 Å².